The average Bonchev–Trinajstić information content (AvgIpc) is 2.85. The van der Waals surface area contributed by atoms with E-state index in [4.69, 9.17) is 4.42 Å². The molecule has 1 saturated heterocycles. The maximum absolute atomic E-state index is 5.56. The molecule has 3 nitrogen and oxygen atoms in total. The van der Waals surface area contributed by atoms with E-state index in [-0.39, 0.29) is 5.54 Å². The fourth-order valence-corrected chi connectivity index (χ4v) is 2.92. The maximum Gasteiger partial charge on any atom is 0.120 e. The summed E-state index contributed by atoms with van der Waals surface area (Å²) in [6.45, 7) is 10.2. The van der Waals surface area contributed by atoms with Gasteiger partial charge in [-0.15, -0.1) is 0 Å². The highest BCUT2D eigenvalue weighted by Gasteiger charge is 2.32. The fourth-order valence-electron chi connectivity index (χ4n) is 2.92. The van der Waals surface area contributed by atoms with E-state index in [1.165, 1.54) is 19.3 Å². The number of hydrogen-bond acceptors (Lipinski definition) is 3. The van der Waals surface area contributed by atoms with Crippen LogP contribution in [0.15, 0.2) is 22.8 Å². The van der Waals surface area contributed by atoms with Crippen molar-refractivity contribution in [3.05, 3.63) is 24.2 Å². The zero-order valence-corrected chi connectivity index (χ0v) is 11.9. The first-order chi connectivity index (χ1) is 8.71. The number of hydrogen-bond donors (Lipinski definition) is 1. The number of rotatable bonds is 4. The minimum Gasteiger partial charge on any atom is -0.468 e. The summed E-state index contributed by atoms with van der Waals surface area (Å²) in [5, 5.41) is 3.75. The Hall–Kier alpha value is -0.800. The number of furan rings is 1. The standard InChI is InChI=1S/C15H26N2O/c1-4-15(5-2)12-17(10-7-9-16-15)13(3)14-8-6-11-18-14/h6,8,11,13,16H,4-5,7,9-10,12H2,1-3H3. The zero-order valence-electron chi connectivity index (χ0n) is 11.9. The van der Waals surface area contributed by atoms with Gasteiger partial charge in [0.2, 0.25) is 0 Å². The van der Waals surface area contributed by atoms with E-state index in [0.29, 0.717) is 6.04 Å². The van der Waals surface area contributed by atoms with Crippen molar-refractivity contribution in [3.63, 3.8) is 0 Å². The van der Waals surface area contributed by atoms with Crippen LogP contribution in [0.1, 0.15) is 51.8 Å². The van der Waals surface area contributed by atoms with Crippen LogP contribution in [0.5, 0.6) is 0 Å². The molecule has 0 aromatic carbocycles. The lowest BCUT2D eigenvalue weighted by Crippen LogP contribution is -2.50. The lowest BCUT2D eigenvalue weighted by molar-refractivity contribution is 0.143. The quantitative estimate of drug-likeness (QED) is 0.889. The van der Waals surface area contributed by atoms with Gasteiger partial charge in [-0.3, -0.25) is 4.90 Å². The molecular formula is C15H26N2O. The summed E-state index contributed by atoms with van der Waals surface area (Å²) in [5.74, 6) is 1.08. The van der Waals surface area contributed by atoms with Gasteiger partial charge in [0.15, 0.2) is 0 Å². The van der Waals surface area contributed by atoms with Gasteiger partial charge in [0.25, 0.3) is 0 Å². The summed E-state index contributed by atoms with van der Waals surface area (Å²) in [7, 11) is 0. The van der Waals surface area contributed by atoms with Crippen LogP contribution in [0.4, 0.5) is 0 Å². The topological polar surface area (TPSA) is 28.4 Å². The second-order valence-electron chi connectivity index (χ2n) is 5.43. The minimum absolute atomic E-state index is 0.275. The number of nitrogens with one attached hydrogen (secondary N) is 1. The molecule has 1 N–H and O–H groups in total. The molecule has 1 aliphatic rings. The van der Waals surface area contributed by atoms with Crippen LogP contribution in [0.2, 0.25) is 0 Å². The van der Waals surface area contributed by atoms with E-state index in [1.807, 2.05) is 6.07 Å². The molecule has 3 heteroatoms. The van der Waals surface area contributed by atoms with Crippen LogP contribution in [0, 0.1) is 0 Å². The third-order valence-corrected chi connectivity index (χ3v) is 4.48. The van der Waals surface area contributed by atoms with E-state index < -0.39 is 0 Å². The predicted molar refractivity (Wildman–Crippen MR) is 74.6 cm³/mol. The normalized spacial score (nSPS) is 22.6. The molecule has 2 heterocycles. The Balaban J connectivity index is 2.12. The van der Waals surface area contributed by atoms with Crippen LogP contribution in [0.3, 0.4) is 0 Å². The lowest BCUT2D eigenvalue weighted by Gasteiger charge is -2.37. The molecule has 1 aliphatic heterocycles. The van der Waals surface area contributed by atoms with Gasteiger partial charge < -0.3 is 9.73 Å². The lowest BCUT2D eigenvalue weighted by atomic mass is 9.92. The molecule has 1 aromatic rings. The highest BCUT2D eigenvalue weighted by molar-refractivity contribution is 5.05. The highest BCUT2D eigenvalue weighted by Crippen LogP contribution is 2.27. The molecule has 1 fully saturated rings. The monoisotopic (exact) mass is 250 g/mol. The Labute approximate surface area is 111 Å². The van der Waals surface area contributed by atoms with Crippen molar-refractivity contribution >= 4 is 0 Å². The van der Waals surface area contributed by atoms with Crippen LogP contribution in [-0.4, -0.2) is 30.1 Å². The van der Waals surface area contributed by atoms with Crippen LogP contribution in [-0.2, 0) is 0 Å². The molecule has 0 aliphatic carbocycles. The zero-order chi connectivity index (χ0) is 13.0. The SMILES string of the molecule is CCC1(CC)CN(C(C)c2ccco2)CCCN1. The molecule has 1 aromatic heterocycles. The van der Waals surface area contributed by atoms with Crippen molar-refractivity contribution < 1.29 is 4.42 Å². The van der Waals surface area contributed by atoms with Gasteiger partial charge in [0.05, 0.1) is 12.3 Å². The molecule has 18 heavy (non-hydrogen) atoms. The summed E-state index contributed by atoms with van der Waals surface area (Å²) < 4.78 is 5.56. The Bertz CT molecular complexity index is 343. The van der Waals surface area contributed by atoms with Crippen molar-refractivity contribution in [2.75, 3.05) is 19.6 Å². The van der Waals surface area contributed by atoms with Crippen molar-refractivity contribution in [2.45, 2.75) is 51.6 Å². The molecule has 1 atom stereocenters. The third kappa shape index (κ3) is 2.78. The van der Waals surface area contributed by atoms with Gasteiger partial charge in [0, 0.05) is 18.6 Å². The first-order valence-electron chi connectivity index (χ1n) is 7.23. The van der Waals surface area contributed by atoms with Crippen molar-refractivity contribution in [1.29, 1.82) is 0 Å². The molecule has 0 amide bonds. The Morgan fingerprint density at radius 3 is 2.83 bits per heavy atom. The first-order valence-corrected chi connectivity index (χ1v) is 7.23. The molecule has 0 saturated carbocycles. The molecule has 2 rings (SSSR count). The van der Waals surface area contributed by atoms with E-state index >= 15 is 0 Å². The fraction of sp³-hybridized carbons (Fsp3) is 0.733. The Morgan fingerprint density at radius 1 is 1.44 bits per heavy atom. The van der Waals surface area contributed by atoms with Gasteiger partial charge in [-0.05, 0) is 44.9 Å². The summed E-state index contributed by atoms with van der Waals surface area (Å²) in [5.41, 5.74) is 0.275. The molecule has 102 valence electrons. The van der Waals surface area contributed by atoms with Crippen LogP contribution < -0.4 is 5.32 Å². The van der Waals surface area contributed by atoms with Gasteiger partial charge in [0.1, 0.15) is 5.76 Å². The second-order valence-corrected chi connectivity index (χ2v) is 5.43. The van der Waals surface area contributed by atoms with E-state index in [9.17, 15) is 0 Å². The van der Waals surface area contributed by atoms with E-state index in [0.717, 1.165) is 25.4 Å². The maximum atomic E-state index is 5.56. The van der Waals surface area contributed by atoms with Crippen molar-refractivity contribution in [3.8, 4) is 0 Å². The minimum atomic E-state index is 0.275. The van der Waals surface area contributed by atoms with Crippen molar-refractivity contribution in [1.82, 2.24) is 10.2 Å². The third-order valence-electron chi connectivity index (χ3n) is 4.48. The van der Waals surface area contributed by atoms with Gasteiger partial charge >= 0.3 is 0 Å². The molecule has 0 bridgehead atoms. The number of nitrogens with zero attached hydrogens (tertiary/aromatic N) is 1. The molecule has 0 spiro atoms. The smallest absolute Gasteiger partial charge is 0.120 e. The summed E-state index contributed by atoms with van der Waals surface area (Å²) in [4.78, 5) is 2.56. The molecule has 0 radical (unpaired) electrons. The second kappa shape index (κ2) is 5.89. The first kappa shape index (κ1) is 13.6. The predicted octanol–water partition coefficient (Wildman–Crippen LogP) is 3.19. The van der Waals surface area contributed by atoms with Crippen molar-refractivity contribution in [2.24, 2.45) is 0 Å². The Kier molecular flexibility index (Phi) is 4.46. The van der Waals surface area contributed by atoms with Gasteiger partial charge in [-0.2, -0.15) is 0 Å². The van der Waals surface area contributed by atoms with E-state index in [2.05, 4.69) is 37.1 Å². The average molecular weight is 250 g/mol. The summed E-state index contributed by atoms with van der Waals surface area (Å²) >= 11 is 0. The van der Waals surface area contributed by atoms with Crippen LogP contribution in [0.25, 0.3) is 0 Å². The largest absolute Gasteiger partial charge is 0.468 e. The van der Waals surface area contributed by atoms with Gasteiger partial charge in [-0.1, -0.05) is 13.8 Å². The molecular weight excluding hydrogens is 224 g/mol. The van der Waals surface area contributed by atoms with E-state index in [1.54, 1.807) is 6.26 Å². The summed E-state index contributed by atoms with van der Waals surface area (Å²) in [6.07, 6.45) is 5.36. The highest BCUT2D eigenvalue weighted by atomic mass is 16.3. The molecule has 1 unspecified atom stereocenters. The van der Waals surface area contributed by atoms with Crippen LogP contribution >= 0.6 is 0 Å². The summed E-state index contributed by atoms with van der Waals surface area (Å²) in [6, 6.07) is 4.44. The van der Waals surface area contributed by atoms with Gasteiger partial charge in [-0.25, -0.2) is 0 Å². The Morgan fingerprint density at radius 2 is 2.22 bits per heavy atom.